The first-order valence-electron chi connectivity index (χ1n) is 9.61. The van der Waals surface area contributed by atoms with Crippen LogP contribution in [0, 0.1) is 5.92 Å². The number of carbonyl (C=O) groups excluding carboxylic acids is 2. The number of para-hydroxylation sites is 2. The molecule has 26 heavy (non-hydrogen) atoms. The third-order valence-corrected chi connectivity index (χ3v) is 6.24. The topological polar surface area (TPSA) is 58.4 Å². The van der Waals surface area contributed by atoms with Gasteiger partial charge < -0.3 is 14.4 Å². The molecule has 6 heteroatoms. The summed E-state index contributed by atoms with van der Waals surface area (Å²) >= 11 is 0. The van der Waals surface area contributed by atoms with Crippen molar-refractivity contribution in [2.24, 2.45) is 5.92 Å². The van der Waals surface area contributed by atoms with Crippen molar-refractivity contribution in [3.63, 3.8) is 0 Å². The molecule has 1 aromatic carbocycles. The van der Waals surface area contributed by atoms with Gasteiger partial charge in [-0.25, -0.2) is 4.98 Å². The zero-order valence-corrected chi connectivity index (χ0v) is 15.1. The summed E-state index contributed by atoms with van der Waals surface area (Å²) in [5.41, 5.74) is 2.00. The zero-order chi connectivity index (χ0) is 17.8. The molecule has 2 unspecified atom stereocenters. The molecule has 0 N–H and O–H groups in total. The molecule has 1 aliphatic carbocycles. The number of likely N-dealkylation sites (N-methyl/N-ethyl adjacent to an activating group) is 1. The first-order chi connectivity index (χ1) is 12.6. The highest BCUT2D eigenvalue weighted by Crippen LogP contribution is 2.40. The van der Waals surface area contributed by atoms with Gasteiger partial charge in [-0.1, -0.05) is 12.1 Å². The SMILES string of the molecule is CN1C(=O)C2CCC1CN(C(=O)Cn1c(C3CC3)nc3ccccc31)C2. The number of aromatic nitrogens is 2. The predicted octanol–water partition coefficient (Wildman–Crippen LogP) is 1.99. The highest BCUT2D eigenvalue weighted by Gasteiger charge is 2.40. The van der Waals surface area contributed by atoms with Crippen LogP contribution in [0.25, 0.3) is 11.0 Å². The smallest absolute Gasteiger partial charge is 0.242 e. The summed E-state index contributed by atoms with van der Waals surface area (Å²) in [6, 6.07) is 8.22. The third kappa shape index (κ3) is 2.50. The van der Waals surface area contributed by atoms with Crippen LogP contribution in [0.2, 0.25) is 0 Å². The number of hydrogen-bond acceptors (Lipinski definition) is 3. The van der Waals surface area contributed by atoms with E-state index in [2.05, 4.69) is 4.57 Å². The molecule has 2 amide bonds. The fourth-order valence-corrected chi connectivity index (χ4v) is 4.51. The minimum Gasteiger partial charge on any atom is -0.341 e. The number of piperidine rings is 1. The zero-order valence-electron chi connectivity index (χ0n) is 15.1. The summed E-state index contributed by atoms with van der Waals surface area (Å²) < 4.78 is 2.10. The van der Waals surface area contributed by atoms with E-state index in [0.29, 0.717) is 25.6 Å². The summed E-state index contributed by atoms with van der Waals surface area (Å²) in [4.78, 5) is 34.1. The van der Waals surface area contributed by atoms with Gasteiger partial charge in [0.15, 0.2) is 0 Å². The van der Waals surface area contributed by atoms with E-state index in [-0.39, 0.29) is 23.8 Å². The molecule has 4 aliphatic rings. The van der Waals surface area contributed by atoms with Crippen LogP contribution in [0.5, 0.6) is 0 Å². The fourth-order valence-electron chi connectivity index (χ4n) is 4.51. The van der Waals surface area contributed by atoms with Crippen molar-refractivity contribution in [1.29, 1.82) is 0 Å². The molecule has 2 bridgehead atoms. The third-order valence-electron chi connectivity index (χ3n) is 6.24. The highest BCUT2D eigenvalue weighted by molar-refractivity contribution is 5.84. The number of imidazole rings is 1. The first-order valence-corrected chi connectivity index (χ1v) is 9.61. The number of benzene rings is 1. The number of fused-ring (bicyclic) bond motifs is 5. The first kappa shape index (κ1) is 15.9. The molecular weight excluding hydrogens is 328 g/mol. The van der Waals surface area contributed by atoms with Crippen LogP contribution >= 0.6 is 0 Å². The van der Waals surface area contributed by atoms with Gasteiger partial charge in [0.1, 0.15) is 12.4 Å². The summed E-state index contributed by atoms with van der Waals surface area (Å²) in [6.07, 6.45) is 4.21. The lowest BCUT2D eigenvalue weighted by molar-refractivity contribution is -0.138. The second-order valence-electron chi connectivity index (χ2n) is 8.00. The van der Waals surface area contributed by atoms with Crippen LogP contribution in [0.15, 0.2) is 24.3 Å². The molecule has 4 heterocycles. The Balaban J connectivity index is 1.43. The van der Waals surface area contributed by atoms with Crippen LogP contribution in [0.1, 0.15) is 37.4 Å². The van der Waals surface area contributed by atoms with Gasteiger partial charge in [-0.05, 0) is 37.8 Å². The van der Waals surface area contributed by atoms with Crippen molar-refractivity contribution in [3.8, 4) is 0 Å². The minimum absolute atomic E-state index is 0.0369. The molecule has 3 saturated heterocycles. The lowest BCUT2D eigenvalue weighted by Crippen LogP contribution is -2.45. The van der Waals surface area contributed by atoms with E-state index in [9.17, 15) is 9.59 Å². The van der Waals surface area contributed by atoms with Crippen molar-refractivity contribution in [2.75, 3.05) is 20.1 Å². The van der Waals surface area contributed by atoms with E-state index in [4.69, 9.17) is 4.98 Å². The quantitative estimate of drug-likeness (QED) is 0.849. The summed E-state index contributed by atoms with van der Waals surface area (Å²) in [6.45, 7) is 1.54. The normalized spacial score (nSPS) is 25.8. The van der Waals surface area contributed by atoms with Crippen molar-refractivity contribution < 1.29 is 9.59 Å². The van der Waals surface area contributed by atoms with Gasteiger partial charge in [0.05, 0.1) is 17.0 Å². The molecule has 3 aliphatic heterocycles. The average molecular weight is 352 g/mol. The van der Waals surface area contributed by atoms with Crippen molar-refractivity contribution in [3.05, 3.63) is 30.1 Å². The number of rotatable bonds is 3. The lowest BCUT2D eigenvalue weighted by Gasteiger charge is -2.32. The van der Waals surface area contributed by atoms with Crippen LogP contribution in [0.3, 0.4) is 0 Å². The Bertz CT molecular complexity index is 885. The van der Waals surface area contributed by atoms with Crippen molar-refractivity contribution >= 4 is 22.8 Å². The van der Waals surface area contributed by atoms with E-state index in [1.807, 2.05) is 41.1 Å². The van der Waals surface area contributed by atoms with Gasteiger partial charge in [0.2, 0.25) is 11.8 Å². The number of nitrogens with zero attached hydrogens (tertiary/aromatic N) is 4. The van der Waals surface area contributed by atoms with Crippen LogP contribution in [-0.4, -0.2) is 57.3 Å². The average Bonchev–Trinajstić information content (AvgIpc) is 3.46. The van der Waals surface area contributed by atoms with E-state index in [1.165, 1.54) is 0 Å². The maximum absolute atomic E-state index is 13.1. The Morgan fingerprint density at radius 1 is 1.12 bits per heavy atom. The highest BCUT2D eigenvalue weighted by atomic mass is 16.2. The molecule has 1 aromatic heterocycles. The van der Waals surface area contributed by atoms with Gasteiger partial charge in [-0.2, -0.15) is 0 Å². The fraction of sp³-hybridized carbons (Fsp3) is 0.550. The Kier molecular flexibility index (Phi) is 3.55. The second kappa shape index (κ2) is 5.83. The molecule has 6 rings (SSSR count). The monoisotopic (exact) mass is 352 g/mol. The van der Waals surface area contributed by atoms with E-state index in [0.717, 1.165) is 42.5 Å². The van der Waals surface area contributed by atoms with E-state index < -0.39 is 0 Å². The molecule has 1 saturated carbocycles. The van der Waals surface area contributed by atoms with Gasteiger partial charge in [0.25, 0.3) is 0 Å². The number of amides is 2. The Morgan fingerprint density at radius 3 is 2.69 bits per heavy atom. The largest absolute Gasteiger partial charge is 0.341 e. The molecule has 2 aromatic rings. The number of carbonyl (C=O) groups is 2. The summed E-state index contributed by atoms with van der Waals surface area (Å²) in [5.74, 6) is 1.80. The molecule has 0 radical (unpaired) electrons. The van der Waals surface area contributed by atoms with Gasteiger partial charge >= 0.3 is 0 Å². The Labute approximate surface area is 152 Å². The molecule has 4 fully saturated rings. The van der Waals surface area contributed by atoms with E-state index >= 15 is 0 Å². The van der Waals surface area contributed by atoms with Crippen molar-refractivity contribution in [2.45, 2.75) is 44.2 Å². The van der Waals surface area contributed by atoms with Crippen LogP contribution in [-0.2, 0) is 16.1 Å². The summed E-state index contributed by atoms with van der Waals surface area (Å²) in [5, 5.41) is 0. The van der Waals surface area contributed by atoms with Gasteiger partial charge in [-0.3, -0.25) is 9.59 Å². The van der Waals surface area contributed by atoms with Crippen molar-refractivity contribution in [1.82, 2.24) is 19.4 Å². The standard InChI is InChI=1S/C20H24N4O2/c1-22-15-9-8-14(20(22)26)10-23(11-15)18(25)12-24-17-5-3-2-4-16(17)21-19(24)13-6-7-13/h2-5,13-15H,6-12H2,1H3. The summed E-state index contributed by atoms with van der Waals surface area (Å²) in [7, 11) is 1.88. The molecule has 136 valence electrons. The predicted molar refractivity (Wildman–Crippen MR) is 97.6 cm³/mol. The molecular formula is C20H24N4O2. The molecule has 0 spiro atoms. The maximum atomic E-state index is 13.1. The van der Waals surface area contributed by atoms with Gasteiger partial charge in [0, 0.05) is 32.1 Å². The molecule has 2 atom stereocenters. The Morgan fingerprint density at radius 2 is 1.88 bits per heavy atom. The van der Waals surface area contributed by atoms with E-state index in [1.54, 1.807) is 0 Å². The minimum atomic E-state index is -0.0369. The molecule has 6 nitrogen and oxygen atoms in total. The van der Waals surface area contributed by atoms with Gasteiger partial charge in [-0.15, -0.1) is 0 Å². The number of hydrogen-bond donors (Lipinski definition) is 0. The van der Waals surface area contributed by atoms with Crippen LogP contribution < -0.4 is 0 Å². The lowest BCUT2D eigenvalue weighted by atomic mass is 9.95. The second-order valence-corrected chi connectivity index (χ2v) is 8.00. The Hall–Kier alpha value is -2.37. The maximum Gasteiger partial charge on any atom is 0.242 e. The van der Waals surface area contributed by atoms with Crippen LogP contribution in [0.4, 0.5) is 0 Å².